The molecule has 7 nitrogen and oxygen atoms in total. The number of carbonyl (C=O) groups is 1. The van der Waals surface area contributed by atoms with Gasteiger partial charge in [0.2, 0.25) is 19.5 Å². The third-order valence-electron chi connectivity index (χ3n) is 1.56. The average molecular weight is 285 g/mol. The Hall–Kier alpha value is -0.770. The molecule has 0 aliphatic heterocycles. The van der Waals surface area contributed by atoms with E-state index >= 15 is 0 Å². The summed E-state index contributed by atoms with van der Waals surface area (Å²) < 4.78 is 24.3. The van der Waals surface area contributed by atoms with Gasteiger partial charge in [-0.15, -0.1) is 10.2 Å². The summed E-state index contributed by atoms with van der Waals surface area (Å²) in [5.74, 6) is -0.683. The quantitative estimate of drug-likeness (QED) is 0.757. The number of aromatic nitrogens is 2. The topological polar surface area (TPSA) is 101 Å². The summed E-state index contributed by atoms with van der Waals surface area (Å²) in [5, 5.41) is 9.46. The fourth-order valence-electron chi connectivity index (χ4n) is 0.774. The third kappa shape index (κ3) is 4.00. The smallest absolute Gasteiger partial charge is 0.282 e. The predicted molar refractivity (Wildman–Crippen MR) is 60.1 cm³/mol. The highest BCUT2D eigenvalue weighted by Crippen LogP contribution is 2.14. The number of halogens is 1. The van der Waals surface area contributed by atoms with Crippen molar-refractivity contribution in [2.45, 2.75) is 0 Å². The molecule has 90 valence electrons. The molecular weight excluding hydrogens is 276 g/mol. The molecule has 0 saturated carbocycles. The van der Waals surface area contributed by atoms with Crippen molar-refractivity contribution in [1.82, 2.24) is 20.2 Å². The molecule has 2 N–H and O–H groups in total. The standard InChI is InChI=1S/C6H9ClN4O3S2/c1-8-16(13,14)3-2-9-4(12)5-10-11-6(7)15-5/h8H,2-3H2,1H3,(H,9,12). The Bertz CT molecular complexity index is 472. The highest BCUT2D eigenvalue weighted by Gasteiger charge is 2.13. The van der Waals surface area contributed by atoms with E-state index in [1.807, 2.05) is 0 Å². The van der Waals surface area contributed by atoms with Gasteiger partial charge in [-0.25, -0.2) is 13.1 Å². The molecule has 1 heterocycles. The lowest BCUT2D eigenvalue weighted by Crippen LogP contribution is -2.32. The number of sulfonamides is 1. The summed E-state index contributed by atoms with van der Waals surface area (Å²) >= 11 is 6.42. The zero-order chi connectivity index (χ0) is 12.2. The van der Waals surface area contributed by atoms with Crippen molar-refractivity contribution in [2.75, 3.05) is 19.3 Å². The number of hydrogen-bond donors (Lipinski definition) is 2. The molecule has 0 saturated heterocycles. The first-order valence-electron chi connectivity index (χ1n) is 4.13. The summed E-state index contributed by atoms with van der Waals surface area (Å²) in [7, 11) is -2.01. The van der Waals surface area contributed by atoms with Crippen molar-refractivity contribution < 1.29 is 13.2 Å². The molecule has 10 heteroatoms. The van der Waals surface area contributed by atoms with Gasteiger partial charge in [0.25, 0.3) is 5.91 Å². The van der Waals surface area contributed by atoms with Crippen LogP contribution in [-0.2, 0) is 10.0 Å². The van der Waals surface area contributed by atoms with Gasteiger partial charge >= 0.3 is 0 Å². The molecule has 0 atom stereocenters. The van der Waals surface area contributed by atoms with Gasteiger partial charge in [-0.2, -0.15) is 0 Å². The maximum atomic E-state index is 11.4. The van der Waals surface area contributed by atoms with Crippen molar-refractivity contribution in [2.24, 2.45) is 0 Å². The number of hydrogen-bond acceptors (Lipinski definition) is 6. The summed E-state index contributed by atoms with van der Waals surface area (Å²) in [6.07, 6.45) is 0. The van der Waals surface area contributed by atoms with Gasteiger partial charge in [0.1, 0.15) is 0 Å². The van der Waals surface area contributed by atoms with Crippen LogP contribution in [0.4, 0.5) is 0 Å². The van der Waals surface area contributed by atoms with Crippen molar-refractivity contribution in [3.05, 3.63) is 9.47 Å². The number of nitrogens with one attached hydrogen (secondary N) is 2. The van der Waals surface area contributed by atoms with Gasteiger partial charge in [-0.3, -0.25) is 4.79 Å². The fraction of sp³-hybridized carbons (Fsp3) is 0.500. The summed E-state index contributed by atoms with van der Waals surface area (Å²) in [6.45, 7) is -0.000788. The van der Waals surface area contributed by atoms with Crippen LogP contribution in [0.25, 0.3) is 0 Å². The molecule has 0 spiro atoms. The second-order valence-electron chi connectivity index (χ2n) is 2.64. The van der Waals surface area contributed by atoms with Crippen LogP contribution in [-0.4, -0.2) is 43.9 Å². The first kappa shape index (κ1) is 13.3. The Balaban J connectivity index is 2.43. The van der Waals surface area contributed by atoms with Crippen LogP contribution < -0.4 is 10.0 Å². The van der Waals surface area contributed by atoms with E-state index in [2.05, 4.69) is 20.2 Å². The van der Waals surface area contributed by atoms with Crippen LogP contribution in [0.1, 0.15) is 9.80 Å². The van der Waals surface area contributed by atoms with E-state index in [1.54, 1.807) is 0 Å². The second kappa shape index (κ2) is 5.53. The van der Waals surface area contributed by atoms with Crippen LogP contribution in [0, 0.1) is 0 Å². The van der Waals surface area contributed by atoms with Gasteiger partial charge < -0.3 is 5.32 Å². The molecule has 0 aliphatic rings. The molecule has 0 radical (unpaired) electrons. The van der Waals surface area contributed by atoms with Crippen molar-refractivity contribution >= 4 is 38.9 Å². The SMILES string of the molecule is CNS(=O)(=O)CCNC(=O)c1nnc(Cl)s1. The monoisotopic (exact) mass is 284 g/mol. The van der Waals surface area contributed by atoms with Crippen LogP contribution in [0.15, 0.2) is 0 Å². The highest BCUT2D eigenvalue weighted by molar-refractivity contribution is 7.89. The molecule has 1 amide bonds. The summed E-state index contributed by atoms with van der Waals surface area (Å²) in [6, 6.07) is 0. The van der Waals surface area contributed by atoms with Gasteiger partial charge in [-0.1, -0.05) is 11.3 Å². The van der Waals surface area contributed by atoms with Crippen molar-refractivity contribution in [1.29, 1.82) is 0 Å². The Kier molecular flexibility index (Phi) is 4.59. The molecule has 0 fully saturated rings. The zero-order valence-corrected chi connectivity index (χ0v) is 10.6. The minimum Gasteiger partial charge on any atom is -0.349 e. The minimum atomic E-state index is -3.32. The van der Waals surface area contributed by atoms with Crippen molar-refractivity contribution in [3.63, 3.8) is 0 Å². The van der Waals surface area contributed by atoms with Crippen LogP contribution in [0.3, 0.4) is 0 Å². The normalized spacial score (nSPS) is 11.4. The van der Waals surface area contributed by atoms with E-state index < -0.39 is 15.9 Å². The number of amides is 1. The van der Waals surface area contributed by atoms with Crippen molar-refractivity contribution in [3.8, 4) is 0 Å². The van der Waals surface area contributed by atoms with Crippen LogP contribution in [0.2, 0.25) is 4.47 Å². The molecule has 1 aromatic rings. The van der Waals surface area contributed by atoms with E-state index in [-0.39, 0.29) is 21.8 Å². The maximum absolute atomic E-state index is 11.4. The third-order valence-corrected chi connectivity index (χ3v) is 3.94. The van der Waals surface area contributed by atoms with Gasteiger partial charge in [-0.05, 0) is 18.6 Å². The molecular formula is C6H9ClN4O3S2. The van der Waals surface area contributed by atoms with Crippen LogP contribution >= 0.6 is 22.9 Å². The zero-order valence-electron chi connectivity index (χ0n) is 8.23. The lowest BCUT2D eigenvalue weighted by atomic mass is 10.6. The maximum Gasteiger partial charge on any atom is 0.282 e. The lowest BCUT2D eigenvalue weighted by molar-refractivity contribution is 0.0955. The Morgan fingerprint density at radius 2 is 2.19 bits per heavy atom. The minimum absolute atomic E-state index is 0.000788. The molecule has 0 aliphatic carbocycles. The largest absolute Gasteiger partial charge is 0.349 e. The molecule has 0 unspecified atom stereocenters. The van der Waals surface area contributed by atoms with E-state index in [9.17, 15) is 13.2 Å². The first-order chi connectivity index (χ1) is 7.44. The first-order valence-corrected chi connectivity index (χ1v) is 6.97. The summed E-state index contributed by atoms with van der Waals surface area (Å²) in [5.41, 5.74) is 0. The number of rotatable bonds is 5. The number of nitrogens with zero attached hydrogens (tertiary/aromatic N) is 2. The van der Waals surface area contributed by atoms with Gasteiger partial charge in [0.15, 0.2) is 0 Å². The predicted octanol–water partition coefficient (Wildman–Crippen LogP) is -0.530. The highest BCUT2D eigenvalue weighted by atomic mass is 35.5. The summed E-state index contributed by atoms with van der Waals surface area (Å²) in [4.78, 5) is 11.4. The van der Waals surface area contributed by atoms with E-state index in [1.165, 1.54) is 7.05 Å². The second-order valence-corrected chi connectivity index (χ2v) is 6.24. The van der Waals surface area contributed by atoms with Gasteiger partial charge in [0.05, 0.1) is 5.75 Å². The van der Waals surface area contributed by atoms with E-state index in [0.29, 0.717) is 0 Å². The fourth-order valence-corrected chi connectivity index (χ4v) is 2.09. The van der Waals surface area contributed by atoms with E-state index in [0.717, 1.165) is 11.3 Å². The Morgan fingerprint density at radius 3 is 2.69 bits per heavy atom. The Labute approximate surface area is 101 Å². The number of carbonyl (C=O) groups excluding carboxylic acids is 1. The lowest BCUT2D eigenvalue weighted by Gasteiger charge is -2.02. The van der Waals surface area contributed by atoms with E-state index in [4.69, 9.17) is 11.6 Å². The Morgan fingerprint density at radius 1 is 1.50 bits per heavy atom. The molecule has 0 aromatic carbocycles. The molecule has 16 heavy (non-hydrogen) atoms. The van der Waals surface area contributed by atoms with Gasteiger partial charge in [0, 0.05) is 6.54 Å². The molecule has 1 rings (SSSR count). The molecule has 0 bridgehead atoms. The molecule has 1 aromatic heterocycles. The van der Waals surface area contributed by atoms with Crippen LogP contribution in [0.5, 0.6) is 0 Å². The average Bonchev–Trinajstić information content (AvgIpc) is 2.64.